The zero-order valence-electron chi connectivity index (χ0n) is 15.7. The van der Waals surface area contributed by atoms with Crippen molar-refractivity contribution in [1.82, 2.24) is 20.0 Å². The summed E-state index contributed by atoms with van der Waals surface area (Å²) in [5.41, 5.74) is 1.23. The molecule has 0 radical (unpaired) electrons. The molecule has 4 rings (SSSR count). The molecule has 0 bridgehead atoms. The van der Waals surface area contributed by atoms with Gasteiger partial charge in [-0.3, -0.25) is 14.3 Å². The van der Waals surface area contributed by atoms with E-state index in [9.17, 15) is 22.4 Å². The van der Waals surface area contributed by atoms with Crippen LogP contribution in [-0.2, 0) is 22.9 Å². The molecule has 0 aliphatic carbocycles. The van der Waals surface area contributed by atoms with Crippen LogP contribution in [0.15, 0.2) is 30.3 Å². The number of fused-ring (bicyclic) bond motifs is 1. The van der Waals surface area contributed by atoms with Gasteiger partial charge in [-0.25, -0.2) is 12.8 Å². The van der Waals surface area contributed by atoms with E-state index in [0.717, 1.165) is 5.56 Å². The van der Waals surface area contributed by atoms with Crippen LogP contribution in [-0.4, -0.2) is 59.0 Å². The summed E-state index contributed by atoms with van der Waals surface area (Å²) in [5, 5.41) is 6.94. The maximum atomic E-state index is 13.1. The van der Waals surface area contributed by atoms with Gasteiger partial charge in [-0.15, -0.1) is 0 Å². The molecular weight excluding hydrogens is 399 g/mol. The second-order valence-corrected chi connectivity index (χ2v) is 9.65. The molecule has 29 heavy (non-hydrogen) atoms. The number of hydrogen-bond donors (Lipinski definition) is 1. The van der Waals surface area contributed by atoms with Crippen LogP contribution in [0.5, 0.6) is 0 Å². The Morgan fingerprint density at radius 1 is 1.24 bits per heavy atom. The summed E-state index contributed by atoms with van der Waals surface area (Å²) < 4.78 is 37.8. The van der Waals surface area contributed by atoms with Gasteiger partial charge in [-0.1, -0.05) is 12.1 Å². The van der Waals surface area contributed by atoms with E-state index in [1.54, 1.807) is 17.0 Å². The first-order chi connectivity index (χ1) is 13.8. The van der Waals surface area contributed by atoms with E-state index in [1.807, 2.05) is 0 Å². The van der Waals surface area contributed by atoms with Crippen LogP contribution in [0.1, 0.15) is 39.4 Å². The van der Waals surface area contributed by atoms with Crippen LogP contribution in [0.2, 0.25) is 0 Å². The zero-order chi connectivity index (χ0) is 20.6. The lowest BCUT2D eigenvalue weighted by Crippen LogP contribution is -2.36. The Morgan fingerprint density at radius 2 is 2.00 bits per heavy atom. The number of aryl methyl sites for hydroxylation is 1. The van der Waals surface area contributed by atoms with Crippen LogP contribution in [0.25, 0.3) is 0 Å². The summed E-state index contributed by atoms with van der Waals surface area (Å²) >= 11 is 0. The monoisotopic (exact) mass is 420 g/mol. The molecular formula is C19H21FN4O4S. The van der Waals surface area contributed by atoms with Crippen molar-refractivity contribution in [2.24, 2.45) is 0 Å². The molecule has 154 valence electrons. The number of halogens is 1. The number of benzene rings is 1. The van der Waals surface area contributed by atoms with Gasteiger partial charge >= 0.3 is 0 Å². The normalized spacial score (nSPS) is 20.9. The Bertz CT molecular complexity index is 1050. The third-order valence-electron chi connectivity index (χ3n) is 5.17. The molecule has 1 fully saturated rings. The molecule has 2 aliphatic rings. The number of amides is 2. The van der Waals surface area contributed by atoms with E-state index in [4.69, 9.17) is 0 Å². The number of nitrogens with one attached hydrogen (secondary N) is 1. The lowest BCUT2D eigenvalue weighted by Gasteiger charge is -2.20. The van der Waals surface area contributed by atoms with Gasteiger partial charge in [0.15, 0.2) is 15.5 Å². The molecule has 2 aliphatic heterocycles. The number of nitrogens with zero attached hydrogens (tertiary/aromatic N) is 3. The van der Waals surface area contributed by atoms with Gasteiger partial charge in [0, 0.05) is 31.7 Å². The van der Waals surface area contributed by atoms with Crippen molar-refractivity contribution >= 4 is 21.7 Å². The number of aromatic nitrogens is 2. The topological polar surface area (TPSA) is 101 Å². The van der Waals surface area contributed by atoms with Gasteiger partial charge in [-0.2, -0.15) is 5.10 Å². The second kappa shape index (κ2) is 7.58. The summed E-state index contributed by atoms with van der Waals surface area (Å²) in [7, 11) is -3.10. The molecule has 0 spiro atoms. The summed E-state index contributed by atoms with van der Waals surface area (Å²) in [6.45, 7) is 1.36. The highest BCUT2D eigenvalue weighted by atomic mass is 32.2. The maximum absolute atomic E-state index is 13.1. The van der Waals surface area contributed by atoms with Gasteiger partial charge in [0.25, 0.3) is 11.8 Å². The summed E-state index contributed by atoms with van der Waals surface area (Å²) in [6.07, 6.45) is 1.05. The van der Waals surface area contributed by atoms with E-state index < -0.39 is 21.8 Å². The van der Waals surface area contributed by atoms with Crippen molar-refractivity contribution in [3.8, 4) is 0 Å². The lowest BCUT2D eigenvalue weighted by atomic mass is 10.2. The molecule has 1 saturated heterocycles. The Labute approximate surface area is 167 Å². The molecule has 8 nitrogen and oxygen atoms in total. The SMILES string of the molecule is O=C(N[C@@H]1CCS(=O)(=O)C1)c1cc2n(n1)CCCN(Cc1ccc(F)cc1)C2=O. The molecule has 1 atom stereocenters. The molecule has 10 heteroatoms. The Balaban J connectivity index is 1.48. The highest BCUT2D eigenvalue weighted by Gasteiger charge is 2.31. The Morgan fingerprint density at radius 3 is 2.69 bits per heavy atom. The standard InChI is InChI=1S/C19H21FN4O4S/c20-14-4-2-13(3-5-14)11-23-7-1-8-24-17(19(23)26)10-16(22-24)18(25)21-15-6-9-29(27,28)12-15/h2-5,10,15H,1,6-9,11-12H2,(H,21,25)/t15-/m1/s1. The molecule has 1 N–H and O–H groups in total. The number of rotatable bonds is 4. The minimum absolute atomic E-state index is 0.0640. The van der Waals surface area contributed by atoms with Crippen molar-refractivity contribution in [2.75, 3.05) is 18.1 Å². The van der Waals surface area contributed by atoms with Crippen molar-refractivity contribution < 1.29 is 22.4 Å². The fraction of sp³-hybridized carbons (Fsp3) is 0.421. The second-order valence-electron chi connectivity index (χ2n) is 7.42. The molecule has 2 amide bonds. The first-order valence-corrected chi connectivity index (χ1v) is 11.3. The molecule has 3 heterocycles. The fourth-order valence-corrected chi connectivity index (χ4v) is 5.35. The fourth-order valence-electron chi connectivity index (χ4n) is 3.67. The van der Waals surface area contributed by atoms with Gasteiger partial charge in [0.2, 0.25) is 0 Å². The highest BCUT2D eigenvalue weighted by Crippen LogP contribution is 2.18. The first kappa shape index (κ1) is 19.6. The summed E-state index contributed by atoms with van der Waals surface area (Å²) in [4.78, 5) is 27.1. The smallest absolute Gasteiger partial charge is 0.272 e. The van der Waals surface area contributed by atoms with Crippen LogP contribution in [0.3, 0.4) is 0 Å². The quantitative estimate of drug-likeness (QED) is 0.795. The van der Waals surface area contributed by atoms with Gasteiger partial charge in [0.05, 0.1) is 11.5 Å². The van der Waals surface area contributed by atoms with E-state index in [-0.39, 0.29) is 28.9 Å². The largest absolute Gasteiger partial charge is 0.347 e. The molecule has 2 aromatic rings. The van der Waals surface area contributed by atoms with Crippen LogP contribution in [0, 0.1) is 5.82 Å². The Kier molecular flexibility index (Phi) is 5.12. The summed E-state index contributed by atoms with van der Waals surface area (Å²) in [5.74, 6) is -1.07. The lowest BCUT2D eigenvalue weighted by molar-refractivity contribution is 0.0745. The zero-order valence-corrected chi connectivity index (χ0v) is 16.5. The first-order valence-electron chi connectivity index (χ1n) is 9.43. The predicted octanol–water partition coefficient (Wildman–Crippen LogP) is 0.985. The Hall–Kier alpha value is -2.75. The van der Waals surface area contributed by atoms with Gasteiger partial charge < -0.3 is 10.2 Å². The van der Waals surface area contributed by atoms with Crippen molar-refractivity contribution in [1.29, 1.82) is 0 Å². The van der Waals surface area contributed by atoms with Gasteiger partial charge in [-0.05, 0) is 30.5 Å². The van der Waals surface area contributed by atoms with Crippen LogP contribution in [0.4, 0.5) is 4.39 Å². The molecule has 1 aromatic heterocycles. The highest BCUT2D eigenvalue weighted by molar-refractivity contribution is 7.91. The third kappa shape index (κ3) is 4.31. The number of carbonyl (C=O) groups is 2. The maximum Gasteiger partial charge on any atom is 0.272 e. The number of sulfone groups is 1. The molecule has 0 saturated carbocycles. The average molecular weight is 420 g/mol. The molecule has 1 aromatic carbocycles. The van der Waals surface area contributed by atoms with Gasteiger partial charge in [0.1, 0.15) is 11.5 Å². The number of carbonyl (C=O) groups excluding carboxylic acids is 2. The minimum Gasteiger partial charge on any atom is -0.347 e. The van der Waals surface area contributed by atoms with Crippen LogP contribution >= 0.6 is 0 Å². The third-order valence-corrected chi connectivity index (χ3v) is 6.94. The summed E-state index contributed by atoms with van der Waals surface area (Å²) in [6, 6.07) is 7.00. The number of hydrogen-bond acceptors (Lipinski definition) is 5. The van der Waals surface area contributed by atoms with E-state index in [2.05, 4.69) is 10.4 Å². The van der Waals surface area contributed by atoms with E-state index in [1.165, 1.54) is 22.9 Å². The van der Waals surface area contributed by atoms with E-state index >= 15 is 0 Å². The average Bonchev–Trinajstić information content (AvgIpc) is 3.21. The minimum atomic E-state index is -3.10. The predicted molar refractivity (Wildman–Crippen MR) is 103 cm³/mol. The van der Waals surface area contributed by atoms with Crippen molar-refractivity contribution in [2.45, 2.75) is 32.0 Å². The molecule has 0 unspecified atom stereocenters. The van der Waals surface area contributed by atoms with E-state index in [0.29, 0.717) is 38.2 Å². The van der Waals surface area contributed by atoms with Crippen molar-refractivity contribution in [3.63, 3.8) is 0 Å². The van der Waals surface area contributed by atoms with Crippen molar-refractivity contribution in [3.05, 3.63) is 53.1 Å². The van der Waals surface area contributed by atoms with Crippen LogP contribution < -0.4 is 5.32 Å².